The van der Waals surface area contributed by atoms with E-state index in [0.29, 0.717) is 22.7 Å². The van der Waals surface area contributed by atoms with Crippen LogP contribution in [-0.2, 0) is 4.79 Å². The van der Waals surface area contributed by atoms with Gasteiger partial charge >= 0.3 is 0 Å². The fourth-order valence-electron chi connectivity index (χ4n) is 2.43. The van der Waals surface area contributed by atoms with E-state index in [1.54, 1.807) is 31.3 Å². The summed E-state index contributed by atoms with van der Waals surface area (Å²) >= 11 is 0. The van der Waals surface area contributed by atoms with Crippen molar-refractivity contribution in [3.8, 4) is 5.75 Å². The van der Waals surface area contributed by atoms with Gasteiger partial charge in [-0.15, -0.1) is 0 Å². The second-order valence-electron chi connectivity index (χ2n) is 5.22. The molecule has 1 aliphatic heterocycles. The number of likely N-dealkylation sites (N-methyl/N-ethyl adjacent to an activating group) is 1. The van der Waals surface area contributed by atoms with E-state index >= 15 is 0 Å². The van der Waals surface area contributed by atoms with Gasteiger partial charge in [-0.3, -0.25) is 9.59 Å². The lowest BCUT2D eigenvalue weighted by Crippen LogP contribution is -2.36. The Balaban J connectivity index is 1.93. The maximum atomic E-state index is 12.4. The topological polar surface area (TPSA) is 58.6 Å². The van der Waals surface area contributed by atoms with Gasteiger partial charge in [0.1, 0.15) is 11.4 Å². The van der Waals surface area contributed by atoms with Crippen LogP contribution in [0.5, 0.6) is 5.75 Å². The highest BCUT2D eigenvalue weighted by Gasteiger charge is 2.25. The first-order chi connectivity index (χ1) is 10.6. The van der Waals surface area contributed by atoms with Crippen LogP contribution < -0.4 is 15.0 Å². The lowest BCUT2D eigenvalue weighted by molar-refractivity contribution is -0.120. The summed E-state index contributed by atoms with van der Waals surface area (Å²) in [5.74, 6) is 0.220. The zero-order valence-corrected chi connectivity index (χ0v) is 12.4. The molecule has 0 aromatic heterocycles. The third-order valence-corrected chi connectivity index (χ3v) is 3.59. The second kappa shape index (κ2) is 5.52. The SMILES string of the molecule is Cc1cccc(C(=O)Nc2cccc3c2N(C)C(=O)CO3)c1. The number of fused-ring (bicyclic) bond motifs is 1. The summed E-state index contributed by atoms with van der Waals surface area (Å²) in [5, 5.41) is 2.85. The van der Waals surface area contributed by atoms with Gasteiger partial charge in [0, 0.05) is 12.6 Å². The molecule has 22 heavy (non-hydrogen) atoms. The van der Waals surface area contributed by atoms with E-state index in [0.717, 1.165) is 5.56 Å². The Kier molecular flexibility index (Phi) is 3.55. The molecule has 0 saturated carbocycles. The minimum atomic E-state index is -0.219. The molecule has 0 radical (unpaired) electrons. The largest absolute Gasteiger partial charge is 0.481 e. The average Bonchev–Trinajstić information content (AvgIpc) is 2.51. The van der Waals surface area contributed by atoms with Crippen LogP contribution in [0.2, 0.25) is 0 Å². The number of para-hydroxylation sites is 1. The number of anilines is 2. The maximum Gasteiger partial charge on any atom is 0.264 e. The molecule has 0 atom stereocenters. The van der Waals surface area contributed by atoms with Crippen LogP contribution in [0, 0.1) is 6.92 Å². The normalized spacial score (nSPS) is 13.4. The molecule has 5 nitrogen and oxygen atoms in total. The zero-order valence-electron chi connectivity index (χ0n) is 12.4. The van der Waals surface area contributed by atoms with Crippen molar-refractivity contribution < 1.29 is 14.3 Å². The highest BCUT2D eigenvalue weighted by Crippen LogP contribution is 2.38. The molecule has 1 heterocycles. The predicted octanol–water partition coefficient (Wildman–Crippen LogP) is 2.60. The van der Waals surface area contributed by atoms with Crippen molar-refractivity contribution in [3.63, 3.8) is 0 Å². The van der Waals surface area contributed by atoms with Gasteiger partial charge < -0.3 is 15.0 Å². The third kappa shape index (κ3) is 2.53. The lowest BCUT2D eigenvalue weighted by atomic mass is 10.1. The first-order valence-corrected chi connectivity index (χ1v) is 6.96. The van der Waals surface area contributed by atoms with Crippen LogP contribution in [0.4, 0.5) is 11.4 Å². The molecule has 2 amide bonds. The van der Waals surface area contributed by atoms with Crippen molar-refractivity contribution in [2.45, 2.75) is 6.92 Å². The van der Waals surface area contributed by atoms with Crippen molar-refractivity contribution in [2.24, 2.45) is 0 Å². The van der Waals surface area contributed by atoms with Crippen molar-refractivity contribution >= 4 is 23.2 Å². The van der Waals surface area contributed by atoms with Crippen molar-refractivity contribution in [2.75, 3.05) is 23.9 Å². The minimum absolute atomic E-state index is 0.0127. The summed E-state index contributed by atoms with van der Waals surface area (Å²) < 4.78 is 5.41. The number of benzene rings is 2. The molecular weight excluding hydrogens is 280 g/mol. The first kappa shape index (κ1) is 14.1. The van der Waals surface area contributed by atoms with Gasteiger partial charge in [0.05, 0.1) is 5.69 Å². The standard InChI is InChI=1S/C17H16N2O3/c1-11-5-3-6-12(9-11)17(21)18-13-7-4-8-14-16(13)19(2)15(20)10-22-14/h3-9H,10H2,1-2H3,(H,18,21). The van der Waals surface area contributed by atoms with Gasteiger partial charge in [-0.1, -0.05) is 23.8 Å². The van der Waals surface area contributed by atoms with E-state index in [4.69, 9.17) is 4.74 Å². The monoisotopic (exact) mass is 296 g/mol. The van der Waals surface area contributed by atoms with Gasteiger partial charge in [-0.2, -0.15) is 0 Å². The predicted molar refractivity (Wildman–Crippen MR) is 84.5 cm³/mol. The molecule has 0 fully saturated rings. The number of ether oxygens (including phenoxy) is 1. The summed E-state index contributed by atoms with van der Waals surface area (Å²) in [4.78, 5) is 25.7. The highest BCUT2D eigenvalue weighted by atomic mass is 16.5. The molecule has 1 aliphatic rings. The van der Waals surface area contributed by atoms with E-state index in [-0.39, 0.29) is 18.4 Å². The third-order valence-electron chi connectivity index (χ3n) is 3.59. The van der Waals surface area contributed by atoms with Crippen LogP contribution in [0.25, 0.3) is 0 Å². The van der Waals surface area contributed by atoms with E-state index in [9.17, 15) is 9.59 Å². The molecule has 0 saturated heterocycles. The number of amides is 2. The van der Waals surface area contributed by atoms with E-state index in [1.807, 2.05) is 25.1 Å². The molecule has 0 aliphatic carbocycles. The summed E-state index contributed by atoms with van der Waals surface area (Å²) in [5.41, 5.74) is 2.72. The number of carbonyl (C=O) groups excluding carboxylic acids is 2. The second-order valence-corrected chi connectivity index (χ2v) is 5.22. The van der Waals surface area contributed by atoms with Gasteiger partial charge in [0.25, 0.3) is 11.8 Å². The van der Waals surface area contributed by atoms with Gasteiger partial charge in [0.15, 0.2) is 6.61 Å². The van der Waals surface area contributed by atoms with E-state index in [2.05, 4.69) is 5.32 Å². The fourth-order valence-corrected chi connectivity index (χ4v) is 2.43. The van der Waals surface area contributed by atoms with Crippen LogP contribution >= 0.6 is 0 Å². The van der Waals surface area contributed by atoms with Crippen molar-refractivity contribution in [1.29, 1.82) is 0 Å². The Morgan fingerprint density at radius 3 is 2.77 bits per heavy atom. The molecule has 2 aromatic carbocycles. The highest BCUT2D eigenvalue weighted by molar-refractivity contribution is 6.09. The molecule has 1 N–H and O–H groups in total. The first-order valence-electron chi connectivity index (χ1n) is 6.96. The van der Waals surface area contributed by atoms with Crippen LogP contribution in [0.15, 0.2) is 42.5 Å². The quantitative estimate of drug-likeness (QED) is 0.926. The van der Waals surface area contributed by atoms with Crippen LogP contribution in [0.1, 0.15) is 15.9 Å². The molecule has 0 spiro atoms. The van der Waals surface area contributed by atoms with Crippen molar-refractivity contribution in [3.05, 3.63) is 53.6 Å². The Morgan fingerprint density at radius 2 is 2.00 bits per heavy atom. The van der Waals surface area contributed by atoms with E-state index < -0.39 is 0 Å². The summed E-state index contributed by atoms with van der Waals surface area (Å²) in [6.45, 7) is 1.94. The van der Waals surface area contributed by atoms with E-state index in [1.165, 1.54) is 4.90 Å². The Labute approximate surface area is 128 Å². The zero-order chi connectivity index (χ0) is 15.7. The minimum Gasteiger partial charge on any atom is -0.481 e. The van der Waals surface area contributed by atoms with Crippen LogP contribution in [0.3, 0.4) is 0 Å². The summed E-state index contributed by atoms with van der Waals surface area (Å²) in [6, 6.07) is 12.7. The number of hydrogen-bond donors (Lipinski definition) is 1. The number of hydrogen-bond acceptors (Lipinski definition) is 3. The molecule has 112 valence electrons. The van der Waals surface area contributed by atoms with Crippen molar-refractivity contribution in [1.82, 2.24) is 0 Å². The molecular formula is C17H16N2O3. The molecule has 0 bridgehead atoms. The number of rotatable bonds is 2. The Morgan fingerprint density at radius 1 is 1.23 bits per heavy atom. The molecule has 2 aromatic rings. The number of nitrogens with zero attached hydrogens (tertiary/aromatic N) is 1. The van der Waals surface area contributed by atoms with Gasteiger partial charge in [-0.25, -0.2) is 0 Å². The smallest absolute Gasteiger partial charge is 0.264 e. The summed E-state index contributed by atoms with van der Waals surface area (Å²) in [6.07, 6.45) is 0. The average molecular weight is 296 g/mol. The molecule has 0 unspecified atom stereocenters. The Bertz CT molecular complexity index is 755. The Hall–Kier alpha value is -2.82. The molecule has 5 heteroatoms. The molecule has 3 rings (SSSR count). The fraction of sp³-hybridized carbons (Fsp3) is 0.176. The summed E-state index contributed by atoms with van der Waals surface area (Å²) in [7, 11) is 1.67. The number of nitrogens with one attached hydrogen (secondary N) is 1. The van der Waals surface area contributed by atoms with Gasteiger partial charge in [0.2, 0.25) is 0 Å². The number of aryl methyl sites for hydroxylation is 1. The number of carbonyl (C=O) groups is 2. The lowest BCUT2D eigenvalue weighted by Gasteiger charge is -2.28. The maximum absolute atomic E-state index is 12.4. The van der Waals surface area contributed by atoms with Gasteiger partial charge in [-0.05, 0) is 31.2 Å². The van der Waals surface area contributed by atoms with Crippen LogP contribution in [-0.4, -0.2) is 25.5 Å².